The van der Waals surface area contributed by atoms with Gasteiger partial charge in [0.05, 0.1) is 5.69 Å². The van der Waals surface area contributed by atoms with Gasteiger partial charge < -0.3 is 4.74 Å². The third-order valence-corrected chi connectivity index (χ3v) is 4.32. The van der Waals surface area contributed by atoms with Gasteiger partial charge in [0.2, 0.25) is 0 Å². The zero-order valence-corrected chi connectivity index (χ0v) is 12.4. The Labute approximate surface area is 134 Å². The molecule has 0 atom stereocenters. The molecule has 0 fully saturated rings. The highest BCUT2D eigenvalue weighted by Gasteiger charge is 2.22. The highest BCUT2D eigenvalue weighted by atomic mass is 16.5. The quantitative estimate of drug-likeness (QED) is 0.397. The van der Waals surface area contributed by atoms with Crippen molar-refractivity contribution < 1.29 is 4.74 Å². The van der Waals surface area contributed by atoms with Crippen LogP contribution in [0, 0.1) is 0 Å². The van der Waals surface area contributed by atoms with Gasteiger partial charge in [-0.1, -0.05) is 48.5 Å². The molecule has 2 heteroatoms. The topological polar surface area (TPSA) is 22.1 Å². The molecule has 2 nitrogen and oxygen atoms in total. The molecular formula is C21H13NO. The molecule has 108 valence electrons. The van der Waals surface area contributed by atoms with Crippen LogP contribution in [0.1, 0.15) is 0 Å². The van der Waals surface area contributed by atoms with Gasteiger partial charge in [0.25, 0.3) is 0 Å². The Bertz CT molecular complexity index is 1030. The third-order valence-electron chi connectivity index (χ3n) is 4.32. The van der Waals surface area contributed by atoms with E-state index < -0.39 is 0 Å². The number of benzene rings is 3. The van der Waals surface area contributed by atoms with Crippen LogP contribution >= 0.6 is 0 Å². The van der Waals surface area contributed by atoms with E-state index >= 15 is 0 Å². The molecule has 2 heterocycles. The Morgan fingerprint density at radius 2 is 1.43 bits per heavy atom. The lowest BCUT2D eigenvalue weighted by molar-refractivity contribution is 0.488. The van der Waals surface area contributed by atoms with Gasteiger partial charge in [0, 0.05) is 22.7 Å². The van der Waals surface area contributed by atoms with Gasteiger partial charge in [-0.2, -0.15) is 0 Å². The second-order valence-electron chi connectivity index (χ2n) is 5.66. The fourth-order valence-electron chi connectivity index (χ4n) is 3.31. The summed E-state index contributed by atoms with van der Waals surface area (Å²) in [6.07, 6.45) is 1.81. The normalized spacial score (nSPS) is 11.8. The molecule has 0 saturated carbocycles. The summed E-state index contributed by atoms with van der Waals surface area (Å²) in [5, 5.41) is 2.38. The van der Waals surface area contributed by atoms with Crippen LogP contribution in [-0.4, -0.2) is 4.98 Å². The lowest BCUT2D eigenvalue weighted by atomic mass is 9.92. The van der Waals surface area contributed by atoms with E-state index in [0.29, 0.717) is 0 Å². The lowest BCUT2D eigenvalue weighted by Crippen LogP contribution is -1.99. The molecular weight excluding hydrogens is 282 g/mol. The molecule has 0 saturated heterocycles. The first-order chi connectivity index (χ1) is 11.4. The predicted molar refractivity (Wildman–Crippen MR) is 92.7 cm³/mol. The van der Waals surface area contributed by atoms with E-state index in [2.05, 4.69) is 47.4 Å². The van der Waals surface area contributed by atoms with Gasteiger partial charge >= 0.3 is 0 Å². The molecule has 3 aromatic carbocycles. The number of pyridine rings is 1. The van der Waals surface area contributed by atoms with Crippen molar-refractivity contribution in [1.29, 1.82) is 0 Å². The molecule has 0 unspecified atom stereocenters. The van der Waals surface area contributed by atoms with Crippen LogP contribution in [0.5, 0.6) is 11.5 Å². The third kappa shape index (κ3) is 1.78. The molecule has 0 aliphatic carbocycles. The summed E-state index contributed by atoms with van der Waals surface area (Å²) in [6.45, 7) is 0. The van der Waals surface area contributed by atoms with Crippen LogP contribution in [-0.2, 0) is 0 Å². The largest absolute Gasteiger partial charge is 0.455 e. The van der Waals surface area contributed by atoms with Gasteiger partial charge in [0.15, 0.2) is 0 Å². The number of para-hydroxylation sites is 1. The summed E-state index contributed by atoms with van der Waals surface area (Å²) in [5.41, 5.74) is 4.29. The number of fused-ring (bicyclic) bond motifs is 2. The number of hydrogen-bond donors (Lipinski definition) is 0. The van der Waals surface area contributed by atoms with E-state index in [0.717, 1.165) is 28.3 Å². The van der Waals surface area contributed by atoms with Crippen molar-refractivity contribution in [1.82, 2.24) is 4.98 Å². The summed E-state index contributed by atoms with van der Waals surface area (Å²) in [6, 6.07) is 24.8. The van der Waals surface area contributed by atoms with E-state index in [1.807, 2.05) is 36.5 Å². The summed E-state index contributed by atoms with van der Waals surface area (Å²) in [4.78, 5) is 4.48. The molecule has 0 amide bonds. The number of hydrogen-bond acceptors (Lipinski definition) is 2. The molecule has 5 rings (SSSR count). The molecule has 0 bridgehead atoms. The van der Waals surface area contributed by atoms with Gasteiger partial charge in [-0.3, -0.25) is 4.98 Å². The molecule has 1 aromatic heterocycles. The Kier molecular flexibility index (Phi) is 2.53. The number of ether oxygens (including phenoxy) is 1. The number of aromatic nitrogens is 1. The van der Waals surface area contributed by atoms with Crippen molar-refractivity contribution in [3.63, 3.8) is 0 Å². The minimum atomic E-state index is 0.886. The predicted octanol–water partition coefficient (Wildman–Crippen LogP) is 5.67. The van der Waals surface area contributed by atoms with Gasteiger partial charge in [-0.05, 0) is 35.2 Å². The zero-order valence-electron chi connectivity index (χ0n) is 12.4. The van der Waals surface area contributed by atoms with Crippen LogP contribution in [0.15, 0.2) is 79.0 Å². The molecule has 1 aliphatic rings. The van der Waals surface area contributed by atoms with Crippen molar-refractivity contribution in [3.8, 4) is 33.9 Å². The van der Waals surface area contributed by atoms with Crippen LogP contribution in [0.3, 0.4) is 0 Å². The monoisotopic (exact) mass is 295 g/mol. The Morgan fingerprint density at radius 3 is 2.30 bits per heavy atom. The highest BCUT2D eigenvalue weighted by Crippen LogP contribution is 2.49. The molecule has 1 aliphatic heterocycles. The van der Waals surface area contributed by atoms with E-state index in [1.54, 1.807) is 0 Å². The first-order valence-corrected chi connectivity index (χ1v) is 7.66. The minimum absolute atomic E-state index is 0.886. The number of nitrogens with zero attached hydrogens (tertiary/aromatic N) is 1. The summed E-state index contributed by atoms with van der Waals surface area (Å²) in [5.74, 6) is 1.80. The molecule has 0 spiro atoms. The van der Waals surface area contributed by atoms with E-state index in [1.165, 1.54) is 16.3 Å². The molecule has 23 heavy (non-hydrogen) atoms. The van der Waals surface area contributed by atoms with Crippen molar-refractivity contribution in [2.24, 2.45) is 0 Å². The van der Waals surface area contributed by atoms with Crippen LogP contribution < -0.4 is 4.74 Å². The zero-order chi connectivity index (χ0) is 15.2. The smallest absolute Gasteiger partial charge is 0.144 e. The molecule has 0 N–H and O–H groups in total. The molecule has 0 radical (unpaired) electrons. The lowest BCUT2D eigenvalue weighted by Gasteiger charge is -2.23. The van der Waals surface area contributed by atoms with Gasteiger partial charge in [-0.15, -0.1) is 0 Å². The second-order valence-corrected chi connectivity index (χ2v) is 5.66. The van der Waals surface area contributed by atoms with Gasteiger partial charge in [0.1, 0.15) is 11.5 Å². The van der Waals surface area contributed by atoms with Crippen molar-refractivity contribution >= 4 is 10.8 Å². The minimum Gasteiger partial charge on any atom is -0.455 e. The van der Waals surface area contributed by atoms with Gasteiger partial charge in [-0.25, -0.2) is 0 Å². The highest BCUT2D eigenvalue weighted by molar-refractivity contribution is 6.05. The SMILES string of the molecule is c1ccc(-c2cccc3c2Oc2cccc4cccc-3c24)nc1. The first-order valence-electron chi connectivity index (χ1n) is 7.66. The Balaban J connectivity index is 1.85. The maximum absolute atomic E-state index is 6.30. The van der Waals surface area contributed by atoms with E-state index in [9.17, 15) is 0 Å². The standard InChI is InChI=1S/C21H13NO/c1-2-13-22-18(11-1)17-10-5-9-16-15-8-3-6-14-7-4-12-19(20(14)15)23-21(16)17/h1-13H. The van der Waals surface area contributed by atoms with Crippen LogP contribution in [0.25, 0.3) is 33.2 Å². The maximum atomic E-state index is 6.30. The first kappa shape index (κ1) is 12.4. The maximum Gasteiger partial charge on any atom is 0.144 e. The average Bonchev–Trinajstić information content (AvgIpc) is 2.63. The van der Waals surface area contributed by atoms with E-state index in [-0.39, 0.29) is 0 Å². The second kappa shape index (κ2) is 4.68. The number of rotatable bonds is 1. The molecule has 4 aromatic rings. The summed E-state index contributed by atoms with van der Waals surface area (Å²) < 4.78 is 6.30. The van der Waals surface area contributed by atoms with Crippen molar-refractivity contribution in [2.45, 2.75) is 0 Å². The van der Waals surface area contributed by atoms with Crippen LogP contribution in [0.4, 0.5) is 0 Å². The van der Waals surface area contributed by atoms with E-state index in [4.69, 9.17) is 4.74 Å². The summed E-state index contributed by atoms with van der Waals surface area (Å²) >= 11 is 0. The van der Waals surface area contributed by atoms with Crippen LogP contribution in [0.2, 0.25) is 0 Å². The van der Waals surface area contributed by atoms with Crippen molar-refractivity contribution in [2.75, 3.05) is 0 Å². The summed E-state index contributed by atoms with van der Waals surface area (Å²) in [7, 11) is 0. The fraction of sp³-hybridized carbons (Fsp3) is 0. The average molecular weight is 295 g/mol. The Morgan fingerprint density at radius 1 is 0.652 bits per heavy atom. The van der Waals surface area contributed by atoms with Crippen molar-refractivity contribution in [3.05, 3.63) is 79.0 Å². The fourth-order valence-corrected chi connectivity index (χ4v) is 3.31. The Hall–Kier alpha value is -3.13.